The average molecular weight is 242 g/mol. The Labute approximate surface area is 105 Å². The van der Waals surface area contributed by atoms with Gasteiger partial charge in [-0.2, -0.15) is 0 Å². The van der Waals surface area contributed by atoms with Crippen LogP contribution in [0, 0.1) is 6.92 Å². The van der Waals surface area contributed by atoms with Crippen LogP contribution in [0.25, 0.3) is 0 Å². The van der Waals surface area contributed by atoms with Crippen molar-refractivity contribution in [2.75, 3.05) is 5.32 Å². The van der Waals surface area contributed by atoms with Crippen LogP contribution in [0.15, 0.2) is 42.7 Å². The van der Waals surface area contributed by atoms with Gasteiger partial charge in [-0.15, -0.1) is 0 Å². The van der Waals surface area contributed by atoms with E-state index in [0.29, 0.717) is 12.2 Å². The summed E-state index contributed by atoms with van der Waals surface area (Å²) in [4.78, 5) is 14.8. The first-order valence-corrected chi connectivity index (χ1v) is 5.63. The number of benzene rings is 1. The van der Waals surface area contributed by atoms with Crippen LogP contribution in [0.1, 0.15) is 21.5 Å². The Morgan fingerprint density at radius 2 is 2.22 bits per heavy atom. The maximum Gasteiger partial charge on any atom is 0.339 e. The number of aryl methyl sites for hydroxylation is 1. The van der Waals surface area contributed by atoms with Gasteiger partial charge in [0.1, 0.15) is 5.56 Å². The number of hydrogen-bond acceptors (Lipinski definition) is 3. The zero-order valence-electron chi connectivity index (χ0n) is 10.1. The van der Waals surface area contributed by atoms with Gasteiger partial charge >= 0.3 is 5.97 Å². The zero-order chi connectivity index (χ0) is 13.0. The fraction of sp³-hybridized carbons (Fsp3) is 0.143. The van der Waals surface area contributed by atoms with Crippen molar-refractivity contribution >= 4 is 11.7 Å². The highest BCUT2D eigenvalue weighted by atomic mass is 16.4. The van der Waals surface area contributed by atoms with E-state index in [1.165, 1.54) is 11.8 Å². The molecule has 18 heavy (non-hydrogen) atoms. The summed E-state index contributed by atoms with van der Waals surface area (Å²) in [7, 11) is 0. The van der Waals surface area contributed by atoms with Gasteiger partial charge in [-0.25, -0.2) is 4.79 Å². The highest BCUT2D eigenvalue weighted by molar-refractivity contribution is 5.93. The van der Waals surface area contributed by atoms with E-state index in [-0.39, 0.29) is 5.56 Å². The smallest absolute Gasteiger partial charge is 0.339 e. The molecule has 1 aromatic carbocycles. The normalized spacial score (nSPS) is 10.1. The van der Waals surface area contributed by atoms with Crippen LogP contribution >= 0.6 is 0 Å². The second kappa shape index (κ2) is 5.31. The molecule has 4 heteroatoms. The minimum atomic E-state index is -0.977. The predicted octanol–water partition coefficient (Wildman–Crippen LogP) is 2.70. The topological polar surface area (TPSA) is 62.2 Å². The number of nitrogens with one attached hydrogen (secondary N) is 1. The van der Waals surface area contributed by atoms with E-state index in [1.54, 1.807) is 12.3 Å². The maximum absolute atomic E-state index is 11.0. The Kier molecular flexibility index (Phi) is 3.57. The van der Waals surface area contributed by atoms with Crippen LogP contribution in [0.2, 0.25) is 0 Å². The molecule has 0 aliphatic rings. The number of carboxylic acids is 1. The zero-order valence-corrected chi connectivity index (χ0v) is 10.1. The lowest BCUT2D eigenvalue weighted by Crippen LogP contribution is -2.06. The number of carboxylic acid groups (broad SMARTS) is 1. The van der Waals surface area contributed by atoms with E-state index in [2.05, 4.69) is 16.4 Å². The molecule has 1 heterocycles. The summed E-state index contributed by atoms with van der Waals surface area (Å²) < 4.78 is 0. The van der Waals surface area contributed by atoms with Crippen LogP contribution in [0.3, 0.4) is 0 Å². The molecule has 0 unspecified atom stereocenters. The number of hydrogen-bond donors (Lipinski definition) is 2. The lowest BCUT2D eigenvalue weighted by molar-refractivity contribution is 0.0697. The van der Waals surface area contributed by atoms with Gasteiger partial charge in [-0.3, -0.25) is 4.98 Å². The van der Waals surface area contributed by atoms with Crippen molar-refractivity contribution in [1.82, 2.24) is 4.98 Å². The van der Waals surface area contributed by atoms with E-state index in [4.69, 9.17) is 5.11 Å². The molecule has 4 nitrogen and oxygen atoms in total. The Bertz CT molecular complexity index is 567. The molecule has 0 saturated heterocycles. The first-order valence-electron chi connectivity index (χ1n) is 5.63. The molecule has 0 aliphatic carbocycles. The SMILES string of the molecule is Cc1cccc(CNc2ccncc2C(=O)O)c1. The largest absolute Gasteiger partial charge is 0.478 e. The van der Waals surface area contributed by atoms with E-state index >= 15 is 0 Å². The van der Waals surface area contributed by atoms with Crippen molar-refractivity contribution in [3.63, 3.8) is 0 Å². The fourth-order valence-electron chi connectivity index (χ4n) is 1.74. The number of aromatic nitrogens is 1. The van der Waals surface area contributed by atoms with E-state index < -0.39 is 5.97 Å². The van der Waals surface area contributed by atoms with Gasteiger partial charge in [0.2, 0.25) is 0 Å². The Hall–Kier alpha value is -2.36. The first-order chi connectivity index (χ1) is 8.66. The highest BCUT2D eigenvalue weighted by Crippen LogP contribution is 2.15. The fourth-order valence-corrected chi connectivity index (χ4v) is 1.74. The molecule has 2 aromatic rings. The average Bonchev–Trinajstić information content (AvgIpc) is 2.37. The highest BCUT2D eigenvalue weighted by Gasteiger charge is 2.08. The second-order valence-electron chi connectivity index (χ2n) is 4.07. The minimum absolute atomic E-state index is 0.185. The lowest BCUT2D eigenvalue weighted by Gasteiger charge is -2.09. The molecule has 0 atom stereocenters. The Morgan fingerprint density at radius 1 is 1.39 bits per heavy atom. The van der Waals surface area contributed by atoms with Crippen LogP contribution in [-0.2, 0) is 6.54 Å². The molecule has 0 fully saturated rings. The second-order valence-corrected chi connectivity index (χ2v) is 4.07. The van der Waals surface area contributed by atoms with Crippen LogP contribution < -0.4 is 5.32 Å². The van der Waals surface area contributed by atoms with Crippen molar-refractivity contribution < 1.29 is 9.90 Å². The van der Waals surface area contributed by atoms with Crippen molar-refractivity contribution in [3.05, 3.63) is 59.4 Å². The molecule has 92 valence electrons. The molecule has 0 amide bonds. The van der Waals surface area contributed by atoms with Gasteiger partial charge in [0, 0.05) is 18.9 Å². The number of pyridine rings is 1. The third kappa shape index (κ3) is 2.85. The molecule has 0 spiro atoms. The van der Waals surface area contributed by atoms with Gasteiger partial charge < -0.3 is 10.4 Å². The molecule has 1 aromatic heterocycles. The molecular formula is C14H14N2O2. The first kappa shape index (κ1) is 12.1. The standard InChI is InChI=1S/C14H14N2O2/c1-10-3-2-4-11(7-10)8-16-13-5-6-15-9-12(13)14(17)18/h2-7,9H,8H2,1H3,(H,15,16)(H,17,18). The van der Waals surface area contributed by atoms with Gasteiger partial charge in [-0.1, -0.05) is 29.8 Å². The molecule has 2 rings (SSSR count). The quantitative estimate of drug-likeness (QED) is 0.865. The van der Waals surface area contributed by atoms with Gasteiger partial charge in [-0.05, 0) is 18.6 Å². The summed E-state index contributed by atoms with van der Waals surface area (Å²) in [5.74, 6) is -0.977. The number of rotatable bonds is 4. The summed E-state index contributed by atoms with van der Waals surface area (Å²) in [6.07, 6.45) is 2.92. The van der Waals surface area contributed by atoms with Crippen molar-refractivity contribution in [3.8, 4) is 0 Å². The van der Waals surface area contributed by atoms with Crippen molar-refractivity contribution in [2.24, 2.45) is 0 Å². The third-order valence-electron chi connectivity index (χ3n) is 2.62. The summed E-state index contributed by atoms with van der Waals surface area (Å²) in [5, 5.41) is 12.1. The number of carbonyl (C=O) groups is 1. The Morgan fingerprint density at radius 3 is 2.94 bits per heavy atom. The monoisotopic (exact) mass is 242 g/mol. The maximum atomic E-state index is 11.0. The summed E-state index contributed by atoms with van der Waals surface area (Å²) in [5.41, 5.74) is 3.06. The summed E-state index contributed by atoms with van der Waals surface area (Å²) in [6, 6.07) is 9.74. The number of nitrogens with zero attached hydrogens (tertiary/aromatic N) is 1. The van der Waals surface area contributed by atoms with E-state index in [1.807, 2.05) is 25.1 Å². The molecule has 0 saturated carbocycles. The minimum Gasteiger partial charge on any atom is -0.478 e. The van der Waals surface area contributed by atoms with Crippen molar-refractivity contribution in [1.29, 1.82) is 0 Å². The lowest BCUT2D eigenvalue weighted by atomic mass is 10.1. The van der Waals surface area contributed by atoms with Crippen LogP contribution in [0.5, 0.6) is 0 Å². The van der Waals surface area contributed by atoms with E-state index in [9.17, 15) is 4.79 Å². The van der Waals surface area contributed by atoms with Crippen LogP contribution in [0.4, 0.5) is 5.69 Å². The van der Waals surface area contributed by atoms with E-state index in [0.717, 1.165) is 5.56 Å². The molecular weight excluding hydrogens is 228 g/mol. The number of aromatic carboxylic acids is 1. The van der Waals surface area contributed by atoms with Gasteiger partial charge in [0.05, 0.1) is 5.69 Å². The molecule has 0 bridgehead atoms. The van der Waals surface area contributed by atoms with Gasteiger partial charge in [0.15, 0.2) is 0 Å². The molecule has 2 N–H and O–H groups in total. The number of anilines is 1. The summed E-state index contributed by atoms with van der Waals surface area (Å²) >= 11 is 0. The van der Waals surface area contributed by atoms with Crippen molar-refractivity contribution in [2.45, 2.75) is 13.5 Å². The Balaban J connectivity index is 2.13. The summed E-state index contributed by atoms with van der Waals surface area (Å²) in [6.45, 7) is 2.62. The molecule has 0 radical (unpaired) electrons. The predicted molar refractivity (Wildman–Crippen MR) is 69.7 cm³/mol. The van der Waals surface area contributed by atoms with Gasteiger partial charge in [0.25, 0.3) is 0 Å². The third-order valence-corrected chi connectivity index (χ3v) is 2.62. The van der Waals surface area contributed by atoms with Crippen LogP contribution in [-0.4, -0.2) is 16.1 Å². The molecule has 0 aliphatic heterocycles.